The van der Waals surface area contributed by atoms with E-state index in [1.807, 2.05) is 13.0 Å². The summed E-state index contributed by atoms with van der Waals surface area (Å²) in [5, 5.41) is 5.90. The molecule has 0 aliphatic rings. The number of nitrogens with one attached hydrogen (secondary N) is 2. The molecule has 0 atom stereocenters. The molecular weight excluding hydrogens is 266 g/mol. The molecular formula is C16H27N3O2. The zero-order chi connectivity index (χ0) is 15.5. The normalized spacial score (nSPS) is 10.4. The van der Waals surface area contributed by atoms with E-state index in [2.05, 4.69) is 22.5 Å². The van der Waals surface area contributed by atoms with Crippen molar-refractivity contribution in [1.29, 1.82) is 0 Å². The Bertz CT molecular complexity index is 413. The number of unbranched alkanes of at least 4 members (excludes halogenated alkanes) is 1. The summed E-state index contributed by atoms with van der Waals surface area (Å²) in [4.78, 5) is 16.5. The first kappa shape index (κ1) is 17.4. The standard InChI is InChI=1S/C16H27N3O2/c1-4-6-9-21-10-7-8-18-16(20)13-11-14(5-2)19-15(12-13)17-3/h11-12H,4-10H2,1-3H3,(H,17,19)(H,18,20). The van der Waals surface area contributed by atoms with Gasteiger partial charge in [0.2, 0.25) is 0 Å². The number of amides is 1. The summed E-state index contributed by atoms with van der Waals surface area (Å²) >= 11 is 0. The van der Waals surface area contributed by atoms with Gasteiger partial charge >= 0.3 is 0 Å². The number of aryl methyl sites for hydroxylation is 1. The van der Waals surface area contributed by atoms with E-state index >= 15 is 0 Å². The van der Waals surface area contributed by atoms with E-state index in [0.717, 1.165) is 43.8 Å². The minimum absolute atomic E-state index is 0.0582. The van der Waals surface area contributed by atoms with Crippen LogP contribution in [-0.2, 0) is 11.2 Å². The Morgan fingerprint density at radius 1 is 1.24 bits per heavy atom. The fraction of sp³-hybridized carbons (Fsp3) is 0.625. The molecule has 5 heteroatoms. The number of carbonyl (C=O) groups is 1. The molecule has 1 amide bonds. The van der Waals surface area contributed by atoms with Crippen LogP contribution in [0.1, 0.15) is 49.2 Å². The first-order chi connectivity index (χ1) is 10.2. The third kappa shape index (κ3) is 6.58. The highest BCUT2D eigenvalue weighted by Gasteiger charge is 2.08. The van der Waals surface area contributed by atoms with Crippen LogP contribution >= 0.6 is 0 Å². The predicted molar refractivity (Wildman–Crippen MR) is 85.8 cm³/mol. The van der Waals surface area contributed by atoms with Gasteiger partial charge in [-0.1, -0.05) is 20.3 Å². The van der Waals surface area contributed by atoms with Crippen molar-refractivity contribution in [2.45, 2.75) is 39.5 Å². The van der Waals surface area contributed by atoms with Gasteiger partial charge in [-0.15, -0.1) is 0 Å². The number of rotatable bonds is 10. The van der Waals surface area contributed by atoms with Crippen LogP contribution in [0.15, 0.2) is 12.1 Å². The monoisotopic (exact) mass is 293 g/mol. The largest absolute Gasteiger partial charge is 0.381 e. The number of hydrogen-bond acceptors (Lipinski definition) is 4. The average Bonchev–Trinajstić information content (AvgIpc) is 2.53. The van der Waals surface area contributed by atoms with Crippen molar-refractivity contribution in [3.05, 3.63) is 23.4 Å². The van der Waals surface area contributed by atoms with Gasteiger partial charge in [0.1, 0.15) is 5.82 Å². The van der Waals surface area contributed by atoms with Crippen molar-refractivity contribution in [1.82, 2.24) is 10.3 Å². The molecule has 1 heterocycles. The van der Waals surface area contributed by atoms with Crippen LogP contribution in [-0.4, -0.2) is 37.7 Å². The van der Waals surface area contributed by atoms with Crippen molar-refractivity contribution in [2.24, 2.45) is 0 Å². The Morgan fingerprint density at radius 3 is 2.67 bits per heavy atom. The van der Waals surface area contributed by atoms with Gasteiger partial charge in [-0.3, -0.25) is 4.79 Å². The predicted octanol–water partition coefficient (Wildman–Crippen LogP) is 2.62. The van der Waals surface area contributed by atoms with Gasteiger partial charge in [0, 0.05) is 38.1 Å². The summed E-state index contributed by atoms with van der Waals surface area (Å²) < 4.78 is 5.46. The van der Waals surface area contributed by atoms with Crippen molar-refractivity contribution in [2.75, 3.05) is 32.1 Å². The third-order valence-electron chi connectivity index (χ3n) is 3.15. The van der Waals surface area contributed by atoms with Gasteiger partial charge in [-0.25, -0.2) is 4.98 Å². The topological polar surface area (TPSA) is 63.2 Å². The second-order valence-electron chi connectivity index (χ2n) is 4.91. The molecule has 2 N–H and O–H groups in total. The highest BCUT2D eigenvalue weighted by Crippen LogP contribution is 2.10. The van der Waals surface area contributed by atoms with Gasteiger partial charge in [0.15, 0.2) is 0 Å². The number of aromatic nitrogens is 1. The van der Waals surface area contributed by atoms with Crippen LogP contribution in [0.4, 0.5) is 5.82 Å². The first-order valence-electron chi connectivity index (χ1n) is 7.75. The minimum atomic E-state index is -0.0582. The number of ether oxygens (including phenoxy) is 1. The summed E-state index contributed by atoms with van der Waals surface area (Å²) in [7, 11) is 1.80. The van der Waals surface area contributed by atoms with E-state index in [1.165, 1.54) is 0 Å². The molecule has 0 saturated heterocycles. The molecule has 0 spiro atoms. The third-order valence-corrected chi connectivity index (χ3v) is 3.15. The lowest BCUT2D eigenvalue weighted by Gasteiger charge is -2.09. The maximum Gasteiger partial charge on any atom is 0.251 e. The summed E-state index contributed by atoms with van der Waals surface area (Å²) in [5.74, 6) is 0.666. The molecule has 0 saturated carbocycles. The molecule has 0 bridgehead atoms. The molecule has 118 valence electrons. The SMILES string of the molecule is CCCCOCCCNC(=O)c1cc(CC)nc(NC)c1. The zero-order valence-corrected chi connectivity index (χ0v) is 13.4. The second kappa shape index (κ2) is 10.2. The van der Waals surface area contributed by atoms with Crippen LogP contribution in [0.5, 0.6) is 0 Å². The second-order valence-corrected chi connectivity index (χ2v) is 4.91. The van der Waals surface area contributed by atoms with E-state index in [-0.39, 0.29) is 5.91 Å². The van der Waals surface area contributed by atoms with E-state index in [9.17, 15) is 4.79 Å². The summed E-state index contributed by atoms with van der Waals surface area (Å²) in [6, 6.07) is 3.61. The molecule has 0 radical (unpaired) electrons. The molecule has 0 aliphatic heterocycles. The summed E-state index contributed by atoms with van der Waals surface area (Å²) in [6.07, 6.45) is 3.88. The zero-order valence-electron chi connectivity index (χ0n) is 13.4. The van der Waals surface area contributed by atoms with Crippen molar-refractivity contribution >= 4 is 11.7 Å². The maximum absolute atomic E-state index is 12.1. The number of anilines is 1. The molecule has 21 heavy (non-hydrogen) atoms. The molecule has 0 aromatic carbocycles. The molecule has 1 aromatic heterocycles. The average molecular weight is 293 g/mol. The number of pyridine rings is 1. The van der Waals surface area contributed by atoms with E-state index in [0.29, 0.717) is 18.7 Å². The highest BCUT2D eigenvalue weighted by molar-refractivity contribution is 5.94. The van der Waals surface area contributed by atoms with Gasteiger partial charge in [0.25, 0.3) is 5.91 Å². The molecule has 0 aliphatic carbocycles. The van der Waals surface area contributed by atoms with E-state index < -0.39 is 0 Å². The lowest BCUT2D eigenvalue weighted by atomic mass is 10.2. The molecule has 0 fully saturated rings. The Balaban J connectivity index is 2.38. The maximum atomic E-state index is 12.1. The van der Waals surface area contributed by atoms with Gasteiger partial charge in [0.05, 0.1) is 0 Å². The molecule has 0 unspecified atom stereocenters. The van der Waals surface area contributed by atoms with Crippen LogP contribution in [0.2, 0.25) is 0 Å². The smallest absolute Gasteiger partial charge is 0.251 e. The Morgan fingerprint density at radius 2 is 2.00 bits per heavy atom. The van der Waals surface area contributed by atoms with Crippen LogP contribution in [0.3, 0.4) is 0 Å². The Kier molecular flexibility index (Phi) is 8.43. The van der Waals surface area contributed by atoms with Crippen molar-refractivity contribution in [3.8, 4) is 0 Å². The number of hydrogen-bond donors (Lipinski definition) is 2. The van der Waals surface area contributed by atoms with E-state index in [4.69, 9.17) is 4.74 Å². The molecule has 1 aromatic rings. The van der Waals surface area contributed by atoms with E-state index in [1.54, 1.807) is 13.1 Å². The molecule has 1 rings (SSSR count). The fourth-order valence-corrected chi connectivity index (χ4v) is 1.85. The van der Waals surface area contributed by atoms with Crippen LogP contribution in [0.25, 0.3) is 0 Å². The van der Waals surface area contributed by atoms with Gasteiger partial charge in [-0.2, -0.15) is 0 Å². The van der Waals surface area contributed by atoms with Crippen LogP contribution in [0, 0.1) is 0 Å². The first-order valence-corrected chi connectivity index (χ1v) is 7.75. The Labute approximate surface area is 127 Å². The van der Waals surface area contributed by atoms with Gasteiger partial charge in [-0.05, 0) is 31.4 Å². The Hall–Kier alpha value is -1.62. The molecule has 5 nitrogen and oxygen atoms in total. The quantitative estimate of drug-likeness (QED) is 0.651. The highest BCUT2D eigenvalue weighted by atomic mass is 16.5. The minimum Gasteiger partial charge on any atom is -0.381 e. The number of carbonyl (C=O) groups excluding carboxylic acids is 1. The fourth-order valence-electron chi connectivity index (χ4n) is 1.85. The lowest BCUT2D eigenvalue weighted by Crippen LogP contribution is -2.25. The van der Waals surface area contributed by atoms with Crippen molar-refractivity contribution < 1.29 is 9.53 Å². The van der Waals surface area contributed by atoms with Gasteiger partial charge < -0.3 is 15.4 Å². The number of nitrogens with zero attached hydrogens (tertiary/aromatic N) is 1. The lowest BCUT2D eigenvalue weighted by molar-refractivity contribution is 0.0940. The summed E-state index contributed by atoms with van der Waals surface area (Å²) in [6.45, 7) is 6.29. The van der Waals surface area contributed by atoms with Crippen molar-refractivity contribution in [3.63, 3.8) is 0 Å². The van der Waals surface area contributed by atoms with Crippen LogP contribution < -0.4 is 10.6 Å². The summed E-state index contributed by atoms with van der Waals surface area (Å²) in [5.41, 5.74) is 1.56.